The average molecular weight is 378 g/mol. The second-order valence-corrected chi connectivity index (χ2v) is 6.82. The summed E-state index contributed by atoms with van der Waals surface area (Å²) in [5.41, 5.74) is 5.00. The lowest BCUT2D eigenvalue weighted by atomic mass is 10.0. The molecule has 0 radical (unpaired) electrons. The topological polar surface area (TPSA) is 68.0 Å². The van der Waals surface area contributed by atoms with E-state index in [0.717, 1.165) is 22.3 Å². The molecule has 2 aromatic carbocycles. The molecule has 0 aliphatic heterocycles. The van der Waals surface area contributed by atoms with Crippen molar-refractivity contribution in [2.24, 2.45) is 0 Å². The number of rotatable bonds is 4. The Hall–Kier alpha value is -3.18. The van der Waals surface area contributed by atoms with E-state index in [4.69, 9.17) is 11.6 Å². The average Bonchev–Trinajstić information content (AvgIpc) is 3.04. The second-order valence-electron chi connectivity index (χ2n) is 6.41. The molecule has 0 spiro atoms. The van der Waals surface area contributed by atoms with Crippen LogP contribution in [-0.4, -0.2) is 25.6 Å². The molecule has 4 aromatic rings. The van der Waals surface area contributed by atoms with Crippen LogP contribution in [0.15, 0.2) is 61.2 Å². The summed E-state index contributed by atoms with van der Waals surface area (Å²) in [6, 6.07) is 13.0. The lowest BCUT2D eigenvalue weighted by Gasteiger charge is -2.10. The standard InChI is InChI=1S/C21H16ClN3O2/c1-13-2-3-16(18(22)8-13)15-9-17(21(26)27)20-19(10-15)24-12-25(20)11-14-4-6-23-7-5-14/h2-10,12H,11H2,1H3,(H,26,27). The molecule has 2 heterocycles. The molecule has 134 valence electrons. The van der Waals surface area contributed by atoms with E-state index >= 15 is 0 Å². The first-order valence-electron chi connectivity index (χ1n) is 8.40. The number of carbonyl (C=O) groups is 1. The summed E-state index contributed by atoms with van der Waals surface area (Å²) in [5.74, 6) is -0.999. The van der Waals surface area contributed by atoms with Crippen LogP contribution in [0.5, 0.6) is 0 Å². The van der Waals surface area contributed by atoms with Crippen molar-refractivity contribution in [1.29, 1.82) is 0 Å². The monoisotopic (exact) mass is 377 g/mol. The highest BCUT2D eigenvalue weighted by Crippen LogP contribution is 2.32. The summed E-state index contributed by atoms with van der Waals surface area (Å²) >= 11 is 6.38. The van der Waals surface area contributed by atoms with Gasteiger partial charge >= 0.3 is 5.97 Å². The molecule has 6 heteroatoms. The van der Waals surface area contributed by atoms with Crippen molar-refractivity contribution in [3.63, 3.8) is 0 Å². The van der Waals surface area contributed by atoms with E-state index in [1.54, 1.807) is 24.8 Å². The molecular formula is C21H16ClN3O2. The Bertz CT molecular complexity index is 1150. The fourth-order valence-electron chi connectivity index (χ4n) is 3.19. The molecule has 0 aliphatic carbocycles. The van der Waals surface area contributed by atoms with E-state index in [2.05, 4.69) is 9.97 Å². The van der Waals surface area contributed by atoms with Crippen LogP contribution in [0.1, 0.15) is 21.5 Å². The van der Waals surface area contributed by atoms with Gasteiger partial charge < -0.3 is 9.67 Å². The van der Waals surface area contributed by atoms with Gasteiger partial charge in [0, 0.05) is 29.5 Å². The van der Waals surface area contributed by atoms with Gasteiger partial charge in [0.2, 0.25) is 0 Å². The SMILES string of the molecule is Cc1ccc(-c2cc(C(=O)O)c3c(c2)ncn3Cc2ccncc2)c(Cl)c1. The lowest BCUT2D eigenvalue weighted by molar-refractivity contribution is 0.0698. The molecule has 0 atom stereocenters. The van der Waals surface area contributed by atoms with Gasteiger partial charge in [-0.05, 0) is 53.9 Å². The summed E-state index contributed by atoms with van der Waals surface area (Å²) in [7, 11) is 0. The number of nitrogens with zero attached hydrogens (tertiary/aromatic N) is 3. The molecule has 1 N–H and O–H groups in total. The first-order valence-corrected chi connectivity index (χ1v) is 8.78. The van der Waals surface area contributed by atoms with Crippen molar-refractivity contribution >= 4 is 28.6 Å². The van der Waals surface area contributed by atoms with E-state index in [1.165, 1.54) is 0 Å². The number of benzene rings is 2. The highest BCUT2D eigenvalue weighted by Gasteiger charge is 2.17. The van der Waals surface area contributed by atoms with Gasteiger partial charge in [0.15, 0.2) is 0 Å². The van der Waals surface area contributed by atoms with E-state index in [-0.39, 0.29) is 5.56 Å². The number of carboxylic acids is 1. The highest BCUT2D eigenvalue weighted by molar-refractivity contribution is 6.33. The van der Waals surface area contributed by atoms with Crippen LogP contribution >= 0.6 is 11.6 Å². The van der Waals surface area contributed by atoms with Crippen molar-refractivity contribution in [3.8, 4) is 11.1 Å². The van der Waals surface area contributed by atoms with E-state index in [9.17, 15) is 9.90 Å². The molecule has 0 unspecified atom stereocenters. The molecular weight excluding hydrogens is 362 g/mol. The van der Waals surface area contributed by atoms with Crippen molar-refractivity contribution in [1.82, 2.24) is 14.5 Å². The Morgan fingerprint density at radius 2 is 1.93 bits per heavy atom. The van der Waals surface area contributed by atoms with Gasteiger partial charge in [-0.1, -0.05) is 23.7 Å². The normalized spacial score (nSPS) is 11.0. The Morgan fingerprint density at radius 3 is 2.63 bits per heavy atom. The highest BCUT2D eigenvalue weighted by atomic mass is 35.5. The smallest absolute Gasteiger partial charge is 0.337 e. The van der Waals surface area contributed by atoms with Crippen LogP contribution in [0.2, 0.25) is 5.02 Å². The van der Waals surface area contributed by atoms with Crippen LogP contribution in [0, 0.1) is 6.92 Å². The van der Waals surface area contributed by atoms with Gasteiger partial charge in [-0.25, -0.2) is 9.78 Å². The molecule has 4 rings (SSSR count). The minimum absolute atomic E-state index is 0.200. The minimum atomic E-state index is -0.999. The van der Waals surface area contributed by atoms with Gasteiger partial charge in [-0.3, -0.25) is 4.98 Å². The van der Waals surface area contributed by atoms with E-state index in [0.29, 0.717) is 22.6 Å². The number of aromatic carboxylic acids is 1. The van der Waals surface area contributed by atoms with Crippen LogP contribution < -0.4 is 0 Å². The number of carboxylic acid groups (broad SMARTS) is 1. The van der Waals surface area contributed by atoms with E-state index in [1.807, 2.05) is 47.9 Å². The number of aromatic nitrogens is 3. The number of pyridine rings is 1. The number of fused-ring (bicyclic) bond motifs is 1. The van der Waals surface area contributed by atoms with Crippen molar-refractivity contribution < 1.29 is 9.90 Å². The molecule has 0 aliphatic rings. The maximum absolute atomic E-state index is 12.0. The fourth-order valence-corrected chi connectivity index (χ4v) is 3.53. The maximum Gasteiger partial charge on any atom is 0.337 e. The Labute approximate surface area is 160 Å². The summed E-state index contributed by atoms with van der Waals surface area (Å²) in [5, 5.41) is 10.4. The maximum atomic E-state index is 12.0. The first-order chi connectivity index (χ1) is 13.0. The molecule has 0 bridgehead atoms. The van der Waals surface area contributed by atoms with Crippen LogP contribution in [0.25, 0.3) is 22.2 Å². The van der Waals surface area contributed by atoms with Crippen molar-refractivity contribution in [2.75, 3.05) is 0 Å². The number of hydrogen-bond acceptors (Lipinski definition) is 3. The number of hydrogen-bond donors (Lipinski definition) is 1. The third kappa shape index (κ3) is 3.29. The largest absolute Gasteiger partial charge is 0.478 e. The van der Waals surface area contributed by atoms with Crippen LogP contribution in [0.3, 0.4) is 0 Å². The third-order valence-electron chi connectivity index (χ3n) is 4.48. The molecule has 27 heavy (non-hydrogen) atoms. The summed E-state index contributed by atoms with van der Waals surface area (Å²) in [6.07, 6.45) is 5.09. The Balaban J connectivity index is 1.88. The molecule has 5 nitrogen and oxygen atoms in total. The van der Waals surface area contributed by atoms with Crippen molar-refractivity contribution in [2.45, 2.75) is 13.5 Å². The molecule has 2 aromatic heterocycles. The van der Waals surface area contributed by atoms with Gasteiger partial charge in [0.05, 0.1) is 22.9 Å². The van der Waals surface area contributed by atoms with Crippen LogP contribution in [-0.2, 0) is 6.54 Å². The zero-order valence-electron chi connectivity index (χ0n) is 14.6. The zero-order chi connectivity index (χ0) is 19.0. The first kappa shape index (κ1) is 17.2. The van der Waals surface area contributed by atoms with Crippen LogP contribution in [0.4, 0.5) is 0 Å². The fraction of sp³-hybridized carbons (Fsp3) is 0.0952. The second kappa shape index (κ2) is 6.85. The Morgan fingerprint density at radius 1 is 1.15 bits per heavy atom. The molecule has 0 saturated heterocycles. The summed E-state index contributed by atoms with van der Waals surface area (Å²) in [4.78, 5) is 20.4. The van der Waals surface area contributed by atoms with Gasteiger partial charge in [0.25, 0.3) is 0 Å². The number of imidazole rings is 1. The minimum Gasteiger partial charge on any atom is -0.478 e. The van der Waals surface area contributed by atoms with E-state index < -0.39 is 5.97 Å². The van der Waals surface area contributed by atoms with Gasteiger partial charge in [-0.2, -0.15) is 0 Å². The van der Waals surface area contributed by atoms with Gasteiger partial charge in [-0.15, -0.1) is 0 Å². The quantitative estimate of drug-likeness (QED) is 0.554. The molecule has 0 saturated carbocycles. The lowest BCUT2D eigenvalue weighted by Crippen LogP contribution is -2.05. The summed E-state index contributed by atoms with van der Waals surface area (Å²) in [6.45, 7) is 2.48. The number of aryl methyl sites for hydroxylation is 1. The Kier molecular flexibility index (Phi) is 4.38. The predicted octanol–water partition coefficient (Wildman–Crippen LogP) is 4.81. The van der Waals surface area contributed by atoms with Gasteiger partial charge in [0.1, 0.15) is 0 Å². The molecule has 0 amide bonds. The third-order valence-corrected chi connectivity index (χ3v) is 4.79. The summed E-state index contributed by atoms with van der Waals surface area (Å²) < 4.78 is 1.84. The van der Waals surface area contributed by atoms with Crippen molar-refractivity contribution in [3.05, 3.63) is 82.9 Å². The zero-order valence-corrected chi connectivity index (χ0v) is 15.3. The molecule has 0 fully saturated rings. The predicted molar refractivity (Wildman–Crippen MR) is 105 cm³/mol. The number of halogens is 1.